The maximum Gasteiger partial charge on any atom is 0.335 e. The van der Waals surface area contributed by atoms with Crippen molar-refractivity contribution in [2.45, 2.75) is 39.3 Å². The molecule has 3 aromatic carbocycles. The first kappa shape index (κ1) is 31.0. The molecule has 0 unspecified atom stereocenters. The molecule has 2 heterocycles. The first-order valence-electron chi connectivity index (χ1n) is 14.7. The van der Waals surface area contributed by atoms with Gasteiger partial charge < -0.3 is 21.1 Å². The first-order chi connectivity index (χ1) is 22.5. The molecule has 1 aliphatic carbocycles. The van der Waals surface area contributed by atoms with Gasteiger partial charge in [0.25, 0.3) is 17.7 Å². The first-order valence-corrected chi connectivity index (χ1v) is 14.7. The number of nitrogens with one attached hydrogen (secondary N) is 3. The van der Waals surface area contributed by atoms with Gasteiger partial charge in [0.2, 0.25) is 0 Å². The third-order valence-electron chi connectivity index (χ3n) is 8.24. The minimum Gasteiger partial charge on any atom is -0.478 e. The zero-order valence-corrected chi connectivity index (χ0v) is 25.2. The van der Waals surface area contributed by atoms with E-state index in [9.17, 15) is 33.1 Å². The molecule has 47 heavy (non-hydrogen) atoms. The molecular formula is C34H28F2N6O5. The van der Waals surface area contributed by atoms with Crippen LogP contribution in [0.25, 0.3) is 5.65 Å². The molecule has 0 bridgehead atoms. The van der Waals surface area contributed by atoms with Crippen molar-refractivity contribution in [1.29, 1.82) is 0 Å². The maximum absolute atomic E-state index is 13.8. The number of aromatic carboxylic acids is 1. The molecule has 13 heteroatoms. The van der Waals surface area contributed by atoms with Crippen molar-refractivity contribution in [2.75, 3.05) is 5.32 Å². The molecule has 0 spiro atoms. The lowest BCUT2D eigenvalue weighted by atomic mass is 9.98. The van der Waals surface area contributed by atoms with E-state index in [2.05, 4.69) is 26.0 Å². The fourth-order valence-electron chi connectivity index (χ4n) is 5.72. The highest BCUT2D eigenvalue weighted by Crippen LogP contribution is 2.35. The molecule has 4 N–H and O–H groups in total. The molecule has 1 atom stereocenters. The molecule has 238 valence electrons. The van der Waals surface area contributed by atoms with Gasteiger partial charge in [-0.2, -0.15) is 5.10 Å². The van der Waals surface area contributed by atoms with Gasteiger partial charge in [0.05, 0.1) is 17.8 Å². The highest BCUT2D eigenvalue weighted by atomic mass is 19.2. The van der Waals surface area contributed by atoms with Gasteiger partial charge in [0, 0.05) is 18.3 Å². The molecule has 0 radical (unpaired) electrons. The second-order valence-electron chi connectivity index (χ2n) is 11.2. The summed E-state index contributed by atoms with van der Waals surface area (Å²) in [6, 6.07) is 14.3. The van der Waals surface area contributed by atoms with Crippen LogP contribution in [-0.2, 0) is 13.0 Å². The molecule has 11 nitrogen and oxygen atoms in total. The number of hydrogen-bond acceptors (Lipinski definition) is 6. The Kier molecular flexibility index (Phi) is 8.20. The summed E-state index contributed by atoms with van der Waals surface area (Å²) in [7, 11) is 0. The van der Waals surface area contributed by atoms with Gasteiger partial charge in [0.15, 0.2) is 17.3 Å². The van der Waals surface area contributed by atoms with E-state index < -0.39 is 41.4 Å². The van der Waals surface area contributed by atoms with E-state index in [4.69, 9.17) is 0 Å². The number of para-hydroxylation sites is 1. The molecule has 0 saturated carbocycles. The number of rotatable bonds is 8. The highest BCUT2D eigenvalue weighted by Gasteiger charge is 2.29. The van der Waals surface area contributed by atoms with Gasteiger partial charge in [-0.05, 0) is 78.8 Å². The topological polar surface area (TPSA) is 155 Å². The number of benzene rings is 3. The van der Waals surface area contributed by atoms with Crippen LogP contribution in [0, 0.1) is 25.5 Å². The fourth-order valence-corrected chi connectivity index (χ4v) is 5.72. The predicted octanol–water partition coefficient (Wildman–Crippen LogP) is 4.92. The summed E-state index contributed by atoms with van der Waals surface area (Å²) in [4.78, 5) is 56.5. The average Bonchev–Trinajstić information content (AvgIpc) is 3.67. The summed E-state index contributed by atoms with van der Waals surface area (Å²) in [6.07, 6.45) is 2.32. The van der Waals surface area contributed by atoms with E-state index in [1.165, 1.54) is 28.9 Å². The molecule has 3 amide bonds. The van der Waals surface area contributed by atoms with E-state index in [0.29, 0.717) is 29.7 Å². The van der Waals surface area contributed by atoms with Crippen molar-refractivity contribution in [3.8, 4) is 0 Å². The Morgan fingerprint density at radius 2 is 1.72 bits per heavy atom. The molecule has 2 aromatic heterocycles. The number of amides is 3. The van der Waals surface area contributed by atoms with Gasteiger partial charge >= 0.3 is 5.97 Å². The lowest BCUT2D eigenvalue weighted by Gasteiger charge is -2.16. The van der Waals surface area contributed by atoms with Gasteiger partial charge in [-0.3, -0.25) is 14.4 Å². The zero-order valence-electron chi connectivity index (χ0n) is 25.2. The number of anilines is 1. The SMILES string of the molecule is Cc1ccccc1NC(=O)c1cnn2c(C(=O)N[C@H]3CCc4c3ccc(C(=O)O)c4C)cc(C(=O)NCc3ccc(F)c(F)c3)nc12. The molecule has 5 aromatic rings. The number of hydrogen-bond donors (Lipinski definition) is 4. The Balaban J connectivity index is 1.34. The number of carboxylic acids is 1. The standard InChI is InChI=1S/C34H28F2N6O5/c1-17-5-3-4-6-26(17)40-31(43)23-16-38-42-29(33(45)41-27-12-10-20-18(2)21(34(46)47)8-9-22(20)27)14-28(39-30(23)42)32(44)37-15-19-7-11-24(35)25(36)13-19/h3-9,11,13-14,16,27H,10,12,15H2,1-2H3,(H,37,44)(H,40,43)(H,41,45)(H,46,47)/t27-/m0/s1. The summed E-state index contributed by atoms with van der Waals surface area (Å²) < 4.78 is 28.3. The summed E-state index contributed by atoms with van der Waals surface area (Å²) in [5, 5.41) is 22.1. The van der Waals surface area contributed by atoms with Gasteiger partial charge in [-0.15, -0.1) is 0 Å². The Hall–Kier alpha value is -5.98. The third-order valence-corrected chi connectivity index (χ3v) is 8.24. The summed E-state index contributed by atoms with van der Waals surface area (Å²) >= 11 is 0. The molecule has 0 aliphatic heterocycles. The van der Waals surface area contributed by atoms with Gasteiger partial charge in [-0.25, -0.2) is 23.1 Å². The highest BCUT2D eigenvalue weighted by molar-refractivity contribution is 6.09. The van der Waals surface area contributed by atoms with Crippen LogP contribution >= 0.6 is 0 Å². The smallest absolute Gasteiger partial charge is 0.335 e. The molecule has 0 fully saturated rings. The normalized spacial score (nSPS) is 13.7. The van der Waals surface area contributed by atoms with E-state index in [1.54, 1.807) is 25.1 Å². The number of halogens is 2. The second-order valence-corrected chi connectivity index (χ2v) is 11.2. The van der Waals surface area contributed by atoms with Crippen molar-refractivity contribution in [3.63, 3.8) is 0 Å². The van der Waals surface area contributed by atoms with Crippen LogP contribution in [0.3, 0.4) is 0 Å². The van der Waals surface area contributed by atoms with Crippen LogP contribution in [-0.4, -0.2) is 43.4 Å². The lowest BCUT2D eigenvalue weighted by Crippen LogP contribution is -2.31. The van der Waals surface area contributed by atoms with E-state index in [0.717, 1.165) is 28.8 Å². The monoisotopic (exact) mass is 638 g/mol. The van der Waals surface area contributed by atoms with Crippen LogP contribution in [0.15, 0.2) is 66.9 Å². The number of fused-ring (bicyclic) bond motifs is 2. The number of carbonyl (C=O) groups excluding carboxylic acids is 3. The van der Waals surface area contributed by atoms with Crippen molar-refractivity contribution >= 4 is 35.0 Å². The zero-order chi connectivity index (χ0) is 33.4. The van der Waals surface area contributed by atoms with E-state index in [1.807, 2.05) is 19.1 Å². The van der Waals surface area contributed by atoms with Crippen LogP contribution in [0.2, 0.25) is 0 Å². The van der Waals surface area contributed by atoms with Crippen LogP contribution in [0.1, 0.15) is 82.0 Å². The van der Waals surface area contributed by atoms with Crippen molar-refractivity contribution in [3.05, 3.63) is 129 Å². The van der Waals surface area contributed by atoms with Crippen LogP contribution in [0.5, 0.6) is 0 Å². The number of aryl methyl sites for hydroxylation is 1. The number of carbonyl (C=O) groups is 4. The minimum atomic E-state index is -1.07. The minimum absolute atomic E-state index is 0.000551. The van der Waals surface area contributed by atoms with E-state index in [-0.39, 0.29) is 34.7 Å². The van der Waals surface area contributed by atoms with Gasteiger partial charge in [0.1, 0.15) is 17.0 Å². The van der Waals surface area contributed by atoms with Crippen molar-refractivity contribution in [1.82, 2.24) is 25.2 Å². The number of nitrogens with zero attached hydrogens (tertiary/aromatic N) is 3. The molecule has 6 rings (SSSR count). The predicted molar refractivity (Wildman–Crippen MR) is 166 cm³/mol. The fraction of sp³-hybridized carbons (Fsp3) is 0.176. The third kappa shape index (κ3) is 6.02. The Bertz CT molecular complexity index is 2110. The molecular weight excluding hydrogens is 610 g/mol. The quantitative estimate of drug-likeness (QED) is 0.188. The summed E-state index contributed by atoms with van der Waals surface area (Å²) in [6.45, 7) is 3.39. The Morgan fingerprint density at radius 1 is 0.936 bits per heavy atom. The van der Waals surface area contributed by atoms with Crippen LogP contribution in [0.4, 0.5) is 14.5 Å². The van der Waals surface area contributed by atoms with Crippen LogP contribution < -0.4 is 16.0 Å². The largest absolute Gasteiger partial charge is 0.478 e. The Morgan fingerprint density at radius 3 is 2.47 bits per heavy atom. The molecule has 0 saturated heterocycles. The van der Waals surface area contributed by atoms with Crippen molar-refractivity contribution in [2.24, 2.45) is 0 Å². The lowest BCUT2D eigenvalue weighted by molar-refractivity contribution is 0.0695. The average molecular weight is 639 g/mol. The molecule has 1 aliphatic rings. The summed E-state index contributed by atoms with van der Waals surface area (Å²) in [5.74, 6) is -5.04. The maximum atomic E-state index is 13.8. The van der Waals surface area contributed by atoms with Crippen molar-refractivity contribution < 1.29 is 33.1 Å². The number of aromatic nitrogens is 3. The van der Waals surface area contributed by atoms with Gasteiger partial charge in [-0.1, -0.05) is 30.3 Å². The van der Waals surface area contributed by atoms with E-state index >= 15 is 0 Å². The number of carboxylic acid groups (broad SMARTS) is 1. The Labute approximate surface area is 266 Å². The second kappa shape index (κ2) is 12.4. The summed E-state index contributed by atoms with van der Waals surface area (Å²) in [5.41, 5.74) is 3.75.